The molecule has 0 bridgehead atoms. The van der Waals surface area contributed by atoms with Gasteiger partial charge in [0.15, 0.2) is 17.5 Å². The van der Waals surface area contributed by atoms with Crippen molar-refractivity contribution >= 4 is 39.8 Å². The molecule has 3 aromatic carbocycles. The van der Waals surface area contributed by atoms with Crippen molar-refractivity contribution < 1.29 is 22.7 Å². The van der Waals surface area contributed by atoms with Crippen LogP contribution in [0.3, 0.4) is 0 Å². The topological polar surface area (TPSA) is 64.2 Å². The number of nitrogens with one attached hydrogen (secondary N) is 1. The molecule has 0 saturated carbocycles. The maximum absolute atomic E-state index is 17.3. The fourth-order valence-electron chi connectivity index (χ4n) is 9.03. The Morgan fingerprint density at radius 1 is 1.19 bits per heavy atom. The zero-order valence-electron chi connectivity index (χ0n) is 30.1. The van der Waals surface area contributed by atoms with Crippen LogP contribution >= 0.6 is 11.3 Å². The van der Waals surface area contributed by atoms with Gasteiger partial charge in [0.1, 0.15) is 11.2 Å². The molecule has 5 atom stereocenters. The van der Waals surface area contributed by atoms with Gasteiger partial charge >= 0.3 is 0 Å². The minimum absolute atomic E-state index is 0.167. The van der Waals surface area contributed by atoms with Crippen LogP contribution in [0.4, 0.5) is 18.9 Å². The number of halogens is 3. The summed E-state index contributed by atoms with van der Waals surface area (Å²) in [5.74, 6) is -0.409. The Bertz CT molecular complexity index is 2120. The molecule has 53 heavy (non-hydrogen) atoms. The first-order chi connectivity index (χ1) is 25.5. The molecule has 276 valence electrons. The third-order valence-corrected chi connectivity index (χ3v) is 12.6. The van der Waals surface area contributed by atoms with Crippen LogP contribution in [0.5, 0.6) is 0 Å². The molecule has 0 aliphatic carbocycles. The predicted molar refractivity (Wildman–Crippen MR) is 203 cm³/mol. The minimum Gasteiger partial charge on any atom is -0.342 e. The molecule has 1 aromatic heterocycles. The van der Waals surface area contributed by atoms with Gasteiger partial charge in [0, 0.05) is 77.4 Å². The molecule has 1 amide bonds. The molecule has 4 unspecified atom stereocenters. The van der Waals surface area contributed by atoms with Crippen LogP contribution < -0.4 is 5.32 Å². The van der Waals surface area contributed by atoms with Crippen LogP contribution in [0, 0.1) is 18.2 Å². The number of nitrogens with zero attached hydrogens (tertiary/aromatic N) is 5. The molecule has 3 saturated heterocycles. The molecule has 12 heteroatoms. The molecule has 4 aliphatic heterocycles. The number of carbonyl (C=O) groups excluding carboxylic acids is 1. The van der Waals surface area contributed by atoms with Gasteiger partial charge in [-0.05, 0) is 63.8 Å². The monoisotopic (exact) mass is 740 g/mol. The Kier molecular flexibility index (Phi) is 9.36. The quantitative estimate of drug-likeness (QED) is 0.151. The van der Waals surface area contributed by atoms with E-state index in [2.05, 4.69) is 26.0 Å². The summed E-state index contributed by atoms with van der Waals surface area (Å²) in [7, 11) is 3.88. The summed E-state index contributed by atoms with van der Waals surface area (Å²) in [5.41, 5.74) is 2.34. The molecule has 5 heterocycles. The minimum atomic E-state index is -1.21. The highest BCUT2D eigenvalue weighted by Gasteiger charge is 2.52. The number of likely N-dealkylation sites (N-methyl/N-ethyl adjacent to an activating group) is 1. The van der Waals surface area contributed by atoms with Crippen LogP contribution in [0.25, 0.3) is 28.0 Å². The maximum atomic E-state index is 17.3. The standard InChI is InChI=1S/C41H43F3N6O2S/c1-5-26-9-6-10-27-11-7-12-30(35(26)27)31-13-14-32-37(36(31)44)46-40(2,52-25-41-16-8-18-50(41)23-28(42)22-41)48(4)38(32)47(3)29-15-19-49(24-29)39(51)33(43)21-34-45-17-20-53-34/h1,6-7,9-14,17,20-21,28-29,38,46H,8,15-16,18-19,22-25H2,2-4H3/b33-21-/t28?,29?,38?,40?,41-/m0/s1. The highest BCUT2D eigenvalue weighted by Crippen LogP contribution is 2.47. The maximum Gasteiger partial charge on any atom is 0.282 e. The highest BCUT2D eigenvalue weighted by atomic mass is 32.1. The van der Waals surface area contributed by atoms with Gasteiger partial charge in [0.05, 0.1) is 18.5 Å². The number of likely N-dealkylation sites (tertiary alicyclic amines) is 1. The van der Waals surface area contributed by atoms with E-state index in [1.165, 1.54) is 22.3 Å². The Hall–Kier alpha value is -4.25. The molecule has 1 N–H and O–H groups in total. The molecule has 4 aliphatic rings. The SMILES string of the molecule is C#Cc1cccc2cccc(-c3ccc4c(c3F)NC(C)(OC[C@@]35CCCN3CC(F)C5)N(C)C4N(C)C3CCN(C(=O)/C(F)=C/c4nccs4)C3)c12. The predicted octanol–water partition coefficient (Wildman–Crippen LogP) is 7.25. The second-order valence-electron chi connectivity index (χ2n) is 14.9. The van der Waals surface area contributed by atoms with Crippen molar-refractivity contribution in [3.05, 3.63) is 87.9 Å². The van der Waals surface area contributed by atoms with E-state index < -0.39 is 41.3 Å². The number of amides is 1. The van der Waals surface area contributed by atoms with Gasteiger partial charge < -0.3 is 15.0 Å². The lowest BCUT2D eigenvalue weighted by Crippen LogP contribution is -2.62. The van der Waals surface area contributed by atoms with E-state index in [1.807, 2.05) is 68.4 Å². The second-order valence-corrected chi connectivity index (χ2v) is 15.8. The molecule has 8 nitrogen and oxygen atoms in total. The van der Waals surface area contributed by atoms with Crippen LogP contribution in [-0.4, -0.2) is 101 Å². The normalized spacial score (nSPS) is 27.6. The van der Waals surface area contributed by atoms with E-state index in [4.69, 9.17) is 11.2 Å². The number of alkyl halides is 1. The third kappa shape index (κ3) is 6.22. The van der Waals surface area contributed by atoms with Crippen LogP contribution in [0.15, 0.2) is 65.9 Å². The number of carbonyl (C=O) groups is 1. The molecular formula is C41H43F3N6O2S. The van der Waals surface area contributed by atoms with Gasteiger partial charge in [0.25, 0.3) is 5.91 Å². The first-order valence-electron chi connectivity index (χ1n) is 18.1. The fourth-order valence-corrected chi connectivity index (χ4v) is 9.58. The molecule has 0 spiro atoms. The van der Waals surface area contributed by atoms with Crippen molar-refractivity contribution in [1.82, 2.24) is 24.6 Å². The highest BCUT2D eigenvalue weighted by molar-refractivity contribution is 7.10. The first-order valence-corrected chi connectivity index (χ1v) is 19.0. The van der Waals surface area contributed by atoms with Gasteiger partial charge in [-0.1, -0.05) is 48.4 Å². The van der Waals surface area contributed by atoms with E-state index in [0.29, 0.717) is 65.4 Å². The second kappa shape index (κ2) is 13.9. The fraction of sp³-hybridized carbons (Fsp3) is 0.415. The summed E-state index contributed by atoms with van der Waals surface area (Å²) in [4.78, 5) is 25.1. The van der Waals surface area contributed by atoms with Crippen molar-refractivity contribution in [2.24, 2.45) is 0 Å². The summed E-state index contributed by atoms with van der Waals surface area (Å²) in [6, 6.07) is 15.0. The molecule has 4 aromatic rings. The lowest BCUT2D eigenvalue weighted by atomic mass is 9.91. The number of benzene rings is 3. The number of anilines is 1. The Morgan fingerprint density at radius 3 is 2.77 bits per heavy atom. The Morgan fingerprint density at radius 2 is 2.00 bits per heavy atom. The summed E-state index contributed by atoms with van der Waals surface area (Å²) in [5, 5.41) is 7.32. The number of aromatic nitrogens is 1. The van der Waals surface area contributed by atoms with Gasteiger partial charge in [-0.15, -0.1) is 17.8 Å². The zero-order chi connectivity index (χ0) is 37.1. The zero-order valence-corrected chi connectivity index (χ0v) is 30.9. The third-order valence-electron chi connectivity index (χ3n) is 11.9. The van der Waals surface area contributed by atoms with E-state index in [1.54, 1.807) is 17.6 Å². The number of rotatable bonds is 8. The lowest BCUT2D eigenvalue weighted by molar-refractivity contribution is -0.178. The summed E-state index contributed by atoms with van der Waals surface area (Å²) < 4.78 is 54.0. The summed E-state index contributed by atoms with van der Waals surface area (Å²) >= 11 is 1.26. The van der Waals surface area contributed by atoms with E-state index >= 15 is 8.78 Å². The van der Waals surface area contributed by atoms with E-state index in [9.17, 15) is 9.18 Å². The smallest absolute Gasteiger partial charge is 0.282 e. The summed E-state index contributed by atoms with van der Waals surface area (Å²) in [6.07, 6.45) is 10.1. The average molecular weight is 741 g/mol. The van der Waals surface area contributed by atoms with Gasteiger partial charge in [-0.2, -0.15) is 0 Å². The number of fused-ring (bicyclic) bond motifs is 3. The van der Waals surface area contributed by atoms with Crippen molar-refractivity contribution in [3.8, 4) is 23.5 Å². The van der Waals surface area contributed by atoms with Crippen molar-refractivity contribution in [1.29, 1.82) is 0 Å². The molecular weight excluding hydrogens is 698 g/mol. The Balaban J connectivity index is 1.15. The van der Waals surface area contributed by atoms with Gasteiger partial charge in [-0.25, -0.2) is 23.1 Å². The Labute approximate surface area is 312 Å². The number of thiazole rings is 1. The summed E-state index contributed by atoms with van der Waals surface area (Å²) in [6.45, 7) is 4.06. The average Bonchev–Trinajstić information content (AvgIpc) is 3.97. The van der Waals surface area contributed by atoms with Crippen molar-refractivity contribution in [2.45, 2.75) is 62.4 Å². The van der Waals surface area contributed by atoms with E-state index in [-0.39, 0.29) is 12.6 Å². The van der Waals surface area contributed by atoms with E-state index in [0.717, 1.165) is 30.2 Å². The number of ether oxygens (including phenoxy) is 1. The van der Waals surface area contributed by atoms with Crippen molar-refractivity contribution in [3.63, 3.8) is 0 Å². The van der Waals surface area contributed by atoms with Crippen LogP contribution in [-0.2, 0) is 9.53 Å². The molecule has 0 radical (unpaired) electrons. The van der Waals surface area contributed by atoms with Gasteiger partial charge in [-0.3, -0.25) is 14.6 Å². The number of hydrogen-bond acceptors (Lipinski definition) is 8. The molecule has 8 rings (SSSR count). The lowest BCUT2D eigenvalue weighted by Gasteiger charge is -2.53. The van der Waals surface area contributed by atoms with Crippen LogP contribution in [0.2, 0.25) is 0 Å². The molecule has 3 fully saturated rings. The van der Waals surface area contributed by atoms with Crippen molar-refractivity contribution in [2.75, 3.05) is 52.2 Å². The number of terminal acetylenes is 1. The first kappa shape index (κ1) is 35.8. The number of hydrogen-bond donors (Lipinski definition) is 1. The largest absolute Gasteiger partial charge is 0.342 e. The van der Waals surface area contributed by atoms with Crippen LogP contribution in [0.1, 0.15) is 54.9 Å². The van der Waals surface area contributed by atoms with Gasteiger partial charge in [0.2, 0.25) is 0 Å².